The Balaban J connectivity index is 4.29. The lowest BCUT2D eigenvalue weighted by molar-refractivity contribution is 0.430. The molecule has 0 heterocycles. The Hall–Kier alpha value is -1.18. The van der Waals surface area contributed by atoms with Gasteiger partial charge in [-0.3, -0.25) is 0 Å². The van der Waals surface area contributed by atoms with Gasteiger partial charge < -0.3 is 10.2 Å². The zero-order valence-electron chi connectivity index (χ0n) is 9.64. The van der Waals surface area contributed by atoms with Crippen molar-refractivity contribution in [2.24, 2.45) is 0 Å². The summed E-state index contributed by atoms with van der Waals surface area (Å²) in [4.78, 5) is 2.15. The first kappa shape index (κ1) is 12.8. The van der Waals surface area contributed by atoms with Gasteiger partial charge in [-0.05, 0) is 25.1 Å². The number of nitrogens with one attached hydrogen (secondary N) is 1. The van der Waals surface area contributed by atoms with E-state index < -0.39 is 0 Å². The summed E-state index contributed by atoms with van der Waals surface area (Å²) in [7, 11) is 2.06. The Morgan fingerprint density at radius 3 is 2.50 bits per heavy atom. The van der Waals surface area contributed by atoms with E-state index in [1.54, 1.807) is 6.20 Å². The molecule has 0 aliphatic heterocycles. The molecule has 0 radical (unpaired) electrons. The molecule has 2 heteroatoms. The third-order valence-electron chi connectivity index (χ3n) is 2.06. The van der Waals surface area contributed by atoms with E-state index in [0.717, 1.165) is 30.8 Å². The van der Waals surface area contributed by atoms with Gasteiger partial charge in [0.25, 0.3) is 0 Å². The lowest BCUT2D eigenvalue weighted by Crippen LogP contribution is -2.17. The maximum atomic E-state index is 4.02. The van der Waals surface area contributed by atoms with Crippen molar-refractivity contribution in [3.8, 4) is 0 Å². The summed E-state index contributed by atoms with van der Waals surface area (Å²) in [5, 5.41) is 3.10. The first-order chi connectivity index (χ1) is 6.65. The number of nitrogens with zero attached hydrogens (tertiary/aromatic N) is 1. The molecule has 0 aromatic carbocycles. The predicted octanol–water partition coefficient (Wildman–Crippen LogP) is 2.87. The Morgan fingerprint density at radius 2 is 2.07 bits per heavy atom. The standard InChI is InChI=1S/C12H22N2/c1-6-9-14(5)11(4)10-12(7-2)13-8-3/h8,10,13H,3-4,6-7,9H2,1-2,5H3/b12-10+. The molecule has 1 N–H and O–H groups in total. The summed E-state index contributed by atoms with van der Waals surface area (Å²) < 4.78 is 0. The Morgan fingerprint density at radius 1 is 1.43 bits per heavy atom. The summed E-state index contributed by atoms with van der Waals surface area (Å²) in [6.45, 7) is 13.0. The molecule has 0 aliphatic carbocycles. The van der Waals surface area contributed by atoms with E-state index in [4.69, 9.17) is 0 Å². The maximum absolute atomic E-state index is 4.02. The Labute approximate surface area is 88.0 Å². The summed E-state index contributed by atoms with van der Waals surface area (Å²) >= 11 is 0. The molecule has 14 heavy (non-hydrogen) atoms. The highest BCUT2D eigenvalue weighted by Gasteiger charge is 1.98. The van der Waals surface area contributed by atoms with E-state index in [1.807, 2.05) is 0 Å². The van der Waals surface area contributed by atoms with E-state index in [2.05, 4.69) is 50.3 Å². The van der Waals surface area contributed by atoms with Crippen LogP contribution in [0.1, 0.15) is 26.7 Å². The molecule has 0 spiro atoms. The SMILES string of the molecule is C=CN/C(=C/C(=C)N(C)CCC)CC. The van der Waals surface area contributed by atoms with Crippen LogP contribution in [-0.2, 0) is 0 Å². The molecule has 0 fully saturated rings. The second-order valence-electron chi connectivity index (χ2n) is 3.28. The molecule has 0 aromatic rings. The fourth-order valence-electron chi connectivity index (χ4n) is 1.17. The molecule has 0 saturated heterocycles. The van der Waals surface area contributed by atoms with Crippen molar-refractivity contribution in [2.45, 2.75) is 26.7 Å². The second-order valence-corrected chi connectivity index (χ2v) is 3.28. The fourth-order valence-corrected chi connectivity index (χ4v) is 1.17. The van der Waals surface area contributed by atoms with Gasteiger partial charge in [-0.2, -0.15) is 0 Å². The van der Waals surface area contributed by atoms with Crippen molar-refractivity contribution in [2.75, 3.05) is 13.6 Å². The minimum atomic E-state index is 0.963. The first-order valence-corrected chi connectivity index (χ1v) is 5.13. The highest BCUT2D eigenvalue weighted by molar-refractivity contribution is 5.19. The van der Waals surface area contributed by atoms with Gasteiger partial charge in [0.05, 0.1) is 0 Å². The number of hydrogen-bond donors (Lipinski definition) is 1. The van der Waals surface area contributed by atoms with Crippen LogP contribution in [-0.4, -0.2) is 18.5 Å². The van der Waals surface area contributed by atoms with E-state index in [9.17, 15) is 0 Å². The van der Waals surface area contributed by atoms with Crippen molar-refractivity contribution in [3.05, 3.63) is 36.8 Å². The van der Waals surface area contributed by atoms with Crippen LogP contribution < -0.4 is 5.32 Å². The van der Waals surface area contributed by atoms with Crippen molar-refractivity contribution >= 4 is 0 Å². The Bertz CT molecular complexity index is 216. The van der Waals surface area contributed by atoms with Crippen molar-refractivity contribution < 1.29 is 0 Å². The molecule has 0 aliphatic rings. The summed E-state index contributed by atoms with van der Waals surface area (Å²) in [5.74, 6) is 0. The molecule has 0 aromatic heterocycles. The van der Waals surface area contributed by atoms with Crippen molar-refractivity contribution in [1.82, 2.24) is 10.2 Å². The fraction of sp³-hybridized carbons (Fsp3) is 0.500. The molecular weight excluding hydrogens is 172 g/mol. The van der Waals surface area contributed by atoms with Crippen LogP contribution in [0.3, 0.4) is 0 Å². The smallest absolute Gasteiger partial charge is 0.0307 e. The van der Waals surface area contributed by atoms with Gasteiger partial charge in [-0.25, -0.2) is 0 Å². The minimum Gasteiger partial charge on any atom is -0.375 e. The minimum absolute atomic E-state index is 0.963. The molecule has 80 valence electrons. The average Bonchev–Trinajstić information content (AvgIpc) is 2.17. The van der Waals surface area contributed by atoms with Crippen LogP contribution >= 0.6 is 0 Å². The zero-order valence-corrected chi connectivity index (χ0v) is 9.64. The maximum Gasteiger partial charge on any atom is 0.0307 e. The molecule has 0 bridgehead atoms. The topological polar surface area (TPSA) is 15.3 Å². The van der Waals surface area contributed by atoms with Crippen LogP contribution in [0.15, 0.2) is 36.8 Å². The van der Waals surface area contributed by atoms with Gasteiger partial charge in [-0.1, -0.05) is 27.0 Å². The molecular formula is C12H22N2. The third-order valence-corrected chi connectivity index (χ3v) is 2.06. The van der Waals surface area contributed by atoms with Gasteiger partial charge >= 0.3 is 0 Å². The quantitative estimate of drug-likeness (QED) is 0.627. The largest absolute Gasteiger partial charge is 0.375 e. The third kappa shape index (κ3) is 4.75. The number of rotatable bonds is 7. The zero-order chi connectivity index (χ0) is 11.0. The molecule has 0 rings (SSSR count). The van der Waals surface area contributed by atoms with Gasteiger partial charge in [0.1, 0.15) is 0 Å². The van der Waals surface area contributed by atoms with Crippen molar-refractivity contribution in [3.63, 3.8) is 0 Å². The lowest BCUT2D eigenvalue weighted by atomic mass is 10.2. The predicted molar refractivity (Wildman–Crippen MR) is 63.8 cm³/mol. The van der Waals surface area contributed by atoms with Crippen molar-refractivity contribution in [1.29, 1.82) is 0 Å². The number of hydrogen-bond acceptors (Lipinski definition) is 2. The normalized spacial score (nSPS) is 10.9. The van der Waals surface area contributed by atoms with E-state index in [-0.39, 0.29) is 0 Å². The monoisotopic (exact) mass is 194 g/mol. The summed E-state index contributed by atoms with van der Waals surface area (Å²) in [5.41, 5.74) is 2.19. The molecule has 2 nitrogen and oxygen atoms in total. The highest BCUT2D eigenvalue weighted by Crippen LogP contribution is 2.06. The number of allylic oxidation sites excluding steroid dienone is 2. The average molecular weight is 194 g/mol. The van der Waals surface area contributed by atoms with E-state index >= 15 is 0 Å². The summed E-state index contributed by atoms with van der Waals surface area (Å²) in [6, 6.07) is 0. The lowest BCUT2D eigenvalue weighted by Gasteiger charge is -2.19. The van der Waals surface area contributed by atoms with Crippen LogP contribution in [0, 0.1) is 0 Å². The summed E-state index contributed by atoms with van der Waals surface area (Å²) in [6.07, 6.45) is 5.87. The molecule has 0 unspecified atom stereocenters. The second kappa shape index (κ2) is 7.25. The van der Waals surface area contributed by atoms with Crippen LogP contribution in [0.2, 0.25) is 0 Å². The van der Waals surface area contributed by atoms with Gasteiger partial charge in [0.15, 0.2) is 0 Å². The van der Waals surface area contributed by atoms with Gasteiger partial charge in [0.2, 0.25) is 0 Å². The first-order valence-electron chi connectivity index (χ1n) is 5.13. The van der Waals surface area contributed by atoms with E-state index in [0.29, 0.717) is 0 Å². The van der Waals surface area contributed by atoms with Crippen LogP contribution in [0.25, 0.3) is 0 Å². The van der Waals surface area contributed by atoms with E-state index in [1.165, 1.54) is 0 Å². The van der Waals surface area contributed by atoms with Gasteiger partial charge in [0, 0.05) is 25.0 Å². The van der Waals surface area contributed by atoms with Gasteiger partial charge in [-0.15, -0.1) is 0 Å². The highest BCUT2D eigenvalue weighted by atomic mass is 15.1. The Kier molecular flexibility index (Phi) is 6.63. The van der Waals surface area contributed by atoms with Crippen LogP contribution in [0.4, 0.5) is 0 Å². The molecule has 0 saturated carbocycles. The molecule has 0 amide bonds. The molecule has 0 atom stereocenters. The number of likely N-dealkylation sites (N-methyl/N-ethyl adjacent to an activating group) is 1. The van der Waals surface area contributed by atoms with Crippen LogP contribution in [0.5, 0.6) is 0 Å².